The Morgan fingerprint density at radius 3 is 2.22 bits per heavy atom. The molecule has 1 rings (SSSR count). The Balaban J connectivity index is 3.56. The normalized spacial score (nSPS) is 10.9. The van der Waals surface area contributed by atoms with Crippen LogP contribution in [0.15, 0.2) is 12.1 Å². The topological polar surface area (TPSA) is 147 Å². The Labute approximate surface area is 135 Å². The van der Waals surface area contributed by atoms with Crippen molar-refractivity contribution in [1.82, 2.24) is 5.32 Å². The molecule has 124 valence electrons. The average Bonchev–Trinajstić information content (AvgIpc) is 2.34. The summed E-state index contributed by atoms with van der Waals surface area (Å²) in [6.45, 7) is 2.33. The summed E-state index contributed by atoms with van der Waals surface area (Å²) in [7, 11) is 0. The van der Waals surface area contributed by atoms with Gasteiger partial charge >= 0.3 is 11.9 Å². The van der Waals surface area contributed by atoms with Crippen molar-refractivity contribution in [1.29, 1.82) is 0 Å². The Morgan fingerprint density at radius 1 is 1.30 bits per heavy atom. The fraction of sp³-hybridized carbons (Fsp3) is 0.308. The number of carbonyl (C=O) groups excluding carboxylic acids is 1. The van der Waals surface area contributed by atoms with Gasteiger partial charge in [0.25, 0.3) is 5.69 Å². The Kier molecular flexibility index (Phi) is 5.28. The van der Waals surface area contributed by atoms with Crippen LogP contribution in [0.5, 0.6) is 0 Å². The summed E-state index contributed by atoms with van der Waals surface area (Å²) in [4.78, 5) is 44.5. The van der Waals surface area contributed by atoms with Crippen molar-refractivity contribution in [3.8, 4) is 0 Å². The number of aliphatic carboxylic acids is 2. The maximum Gasteiger partial charge on any atom is 0.341 e. The number of amides is 1. The van der Waals surface area contributed by atoms with Crippen molar-refractivity contribution < 1.29 is 29.5 Å². The van der Waals surface area contributed by atoms with E-state index in [9.17, 15) is 34.7 Å². The molecule has 0 radical (unpaired) electrons. The molecule has 23 heavy (non-hydrogen) atoms. The number of benzene rings is 1. The maximum absolute atomic E-state index is 11.5. The number of nitrogens with zero attached hydrogens (tertiary/aromatic N) is 1. The minimum atomic E-state index is -2.74. The zero-order valence-electron chi connectivity index (χ0n) is 12.1. The second kappa shape index (κ2) is 6.61. The van der Waals surface area contributed by atoms with Gasteiger partial charge < -0.3 is 15.5 Å². The van der Waals surface area contributed by atoms with Gasteiger partial charge in [-0.2, -0.15) is 0 Å². The lowest BCUT2D eigenvalue weighted by atomic mass is 9.89. The Morgan fingerprint density at radius 2 is 1.83 bits per heavy atom. The first kappa shape index (κ1) is 18.4. The van der Waals surface area contributed by atoms with Gasteiger partial charge in [0.05, 0.1) is 4.92 Å². The van der Waals surface area contributed by atoms with E-state index in [0.29, 0.717) is 0 Å². The van der Waals surface area contributed by atoms with Gasteiger partial charge in [0.1, 0.15) is 0 Å². The highest BCUT2D eigenvalue weighted by molar-refractivity contribution is 6.30. The predicted molar refractivity (Wildman–Crippen MR) is 78.4 cm³/mol. The summed E-state index contributed by atoms with van der Waals surface area (Å²) in [6, 6.07) is 2.40. The zero-order chi connectivity index (χ0) is 17.9. The van der Waals surface area contributed by atoms with Crippen LogP contribution in [0.1, 0.15) is 18.1 Å². The maximum atomic E-state index is 11.5. The third-order valence-corrected chi connectivity index (χ3v) is 3.32. The number of nitro benzene ring substituents is 1. The molecule has 10 heteroatoms. The number of halogens is 1. The first-order valence-electron chi connectivity index (χ1n) is 6.20. The van der Waals surface area contributed by atoms with Crippen LogP contribution in [-0.2, 0) is 20.8 Å². The summed E-state index contributed by atoms with van der Waals surface area (Å²) in [5.41, 5.74) is -3.26. The fourth-order valence-corrected chi connectivity index (χ4v) is 2.48. The second-order valence-electron chi connectivity index (χ2n) is 4.86. The van der Waals surface area contributed by atoms with Crippen LogP contribution in [0.4, 0.5) is 5.69 Å². The van der Waals surface area contributed by atoms with Crippen LogP contribution in [0, 0.1) is 17.0 Å². The standard InChI is InChI=1S/C13H13ClN2O7/c1-6-3-9(14)4-8(10(6)16(22)23)5-13(11(18)19,12(20)21)15-7(2)17/h3-4H,5H2,1-2H3,(H,15,17)(H,18,19)(H,20,21). The molecule has 0 bridgehead atoms. The van der Waals surface area contributed by atoms with Gasteiger partial charge in [0, 0.05) is 29.5 Å². The number of rotatable bonds is 6. The second-order valence-corrected chi connectivity index (χ2v) is 5.30. The summed E-state index contributed by atoms with van der Waals surface area (Å²) in [5.74, 6) is -4.62. The van der Waals surface area contributed by atoms with Crippen molar-refractivity contribution >= 4 is 35.1 Å². The lowest BCUT2D eigenvalue weighted by molar-refractivity contribution is -0.386. The first-order chi connectivity index (χ1) is 10.5. The molecule has 0 aliphatic rings. The summed E-state index contributed by atoms with van der Waals surface area (Å²) >= 11 is 5.82. The van der Waals surface area contributed by atoms with E-state index in [-0.39, 0.29) is 16.1 Å². The molecule has 0 unspecified atom stereocenters. The summed E-state index contributed by atoms with van der Waals surface area (Å²) in [6.07, 6.45) is -0.838. The molecule has 3 N–H and O–H groups in total. The number of hydrogen-bond donors (Lipinski definition) is 3. The van der Waals surface area contributed by atoms with Crippen molar-refractivity contribution in [3.63, 3.8) is 0 Å². The average molecular weight is 345 g/mol. The Hall–Kier alpha value is -2.68. The number of nitro groups is 1. The number of carbonyl (C=O) groups is 3. The molecule has 9 nitrogen and oxygen atoms in total. The van der Waals surface area contributed by atoms with E-state index in [1.54, 1.807) is 0 Å². The molecule has 0 aliphatic carbocycles. The molecule has 0 aromatic heterocycles. The molecular weight excluding hydrogens is 332 g/mol. The van der Waals surface area contributed by atoms with Gasteiger partial charge in [-0.3, -0.25) is 14.9 Å². The van der Waals surface area contributed by atoms with Crippen LogP contribution in [0.25, 0.3) is 0 Å². The molecule has 0 atom stereocenters. The molecule has 0 saturated heterocycles. The van der Waals surface area contributed by atoms with Crippen LogP contribution >= 0.6 is 11.6 Å². The number of nitrogens with one attached hydrogen (secondary N) is 1. The van der Waals surface area contributed by atoms with E-state index in [4.69, 9.17) is 11.6 Å². The zero-order valence-corrected chi connectivity index (χ0v) is 12.9. The number of aryl methyl sites for hydroxylation is 1. The lowest BCUT2D eigenvalue weighted by Gasteiger charge is -2.25. The van der Waals surface area contributed by atoms with Gasteiger partial charge in [0.15, 0.2) is 0 Å². The van der Waals surface area contributed by atoms with Gasteiger partial charge in [-0.1, -0.05) is 11.6 Å². The number of carboxylic acid groups (broad SMARTS) is 2. The first-order valence-corrected chi connectivity index (χ1v) is 6.58. The molecule has 1 aromatic rings. The predicted octanol–water partition coefficient (Wildman–Crippen LogP) is 1.14. The highest BCUT2D eigenvalue weighted by Crippen LogP contribution is 2.30. The highest BCUT2D eigenvalue weighted by atomic mass is 35.5. The van der Waals surface area contributed by atoms with Gasteiger partial charge in [-0.25, -0.2) is 9.59 Å². The van der Waals surface area contributed by atoms with Crippen LogP contribution in [-0.4, -0.2) is 38.5 Å². The Bertz CT molecular complexity index is 688. The smallest absolute Gasteiger partial charge is 0.341 e. The van der Waals surface area contributed by atoms with E-state index < -0.39 is 40.4 Å². The van der Waals surface area contributed by atoms with Gasteiger partial charge in [-0.05, 0) is 19.1 Å². The van der Waals surface area contributed by atoms with Crippen LogP contribution in [0.2, 0.25) is 5.02 Å². The van der Waals surface area contributed by atoms with Gasteiger partial charge in [-0.15, -0.1) is 0 Å². The van der Waals surface area contributed by atoms with Crippen molar-refractivity contribution in [2.24, 2.45) is 0 Å². The van der Waals surface area contributed by atoms with E-state index in [0.717, 1.165) is 13.0 Å². The molecule has 0 saturated carbocycles. The van der Waals surface area contributed by atoms with E-state index in [2.05, 4.69) is 0 Å². The number of hydrogen-bond acceptors (Lipinski definition) is 5. The third-order valence-electron chi connectivity index (χ3n) is 3.10. The molecule has 0 spiro atoms. The molecular formula is C13H13ClN2O7. The summed E-state index contributed by atoms with van der Waals surface area (Å²) in [5, 5.41) is 31.7. The third kappa shape index (κ3) is 3.75. The van der Waals surface area contributed by atoms with Crippen LogP contribution in [0.3, 0.4) is 0 Å². The monoisotopic (exact) mass is 344 g/mol. The van der Waals surface area contributed by atoms with E-state index in [1.807, 2.05) is 5.32 Å². The largest absolute Gasteiger partial charge is 0.479 e. The van der Waals surface area contributed by atoms with Crippen molar-refractivity contribution in [2.75, 3.05) is 0 Å². The molecule has 1 amide bonds. The van der Waals surface area contributed by atoms with Crippen molar-refractivity contribution in [2.45, 2.75) is 25.8 Å². The minimum absolute atomic E-state index is 0.0793. The SMILES string of the molecule is CC(=O)NC(Cc1cc(Cl)cc(C)c1[N+](=O)[O-])(C(=O)O)C(=O)O. The lowest BCUT2D eigenvalue weighted by Crippen LogP contribution is -2.61. The van der Waals surface area contributed by atoms with E-state index >= 15 is 0 Å². The molecule has 0 fully saturated rings. The van der Waals surface area contributed by atoms with E-state index in [1.165, 1.54) is 13.0 Å². The molecule has 0 aliphatic heterocycles. The quantitative estimate of drug-likeness (QED) is 0.398. The highest BCUT2D eigenvalue weighted by Gasteiger charge is 2.49. The minimum Gasteiger partial charge on any atom is -0.479 e. The molecule has 0 heterocycles. The van der Waals surface area contributed by atoms with Gasteiger partial charge in [0.2, 0.25) is 11.4 Å². The summed E-state index contributed by atoms with van der Waals surface area (Å²) < 4.78 is 0. The van der Waals surface area contributed by atoms with Crippen LogP contribution < -0.4 is 5.32 Å². The number of carboxylic acids is 2. The fourth-order valence-electron chi connectivity index (χ4n) is 2.18. The van der Waals surface area contributed by atoms with Crippen molar-refractivity contribution in [3.05, 3.63) is 38.4 Å². The molecule has 1 aromatic carbocycles.